The van der Waals surface area contributed by atoms with Crippen LogP contribution in [-0.2, 0) is 0 Å². The summed E-state index contributed by atoms with van der Waals surface area (Å²) in [5, 5.41) is 6.22. The van der Waals surface area contributed by atoms with Crippen molar-refractivity contribution in [3.63, 3.8) is 0 Å². The monoisotopic (exact) mass is 163 g/mol. The first-order valence-corrected chi connectivity index (χ1v) is 4.21. The van der Waals surface area contributed by atoms with Crippen LogP contribution in [0, 0.1) is 5.37 Å². The summed E-state index contributed by atoms with van der Waals surface area (Å²) in [6.45, 7) is 0. The number of hydrogen-bond acceptors (Lipinski definition) is 3. The predicted molar refractivity (Wildman–Crippen MR) is 46.4 cm³/mol. The van der Waals surface area contributed by atoms with Gasteiger partial charge in [-0.3, -0.25) is 4.98 Å². The zero-order valence-electron chi connectivity index (χ0n) is 5.82. The summed E-state index contributed by atoms with van der Waals surface area (Å²) in [5.74, 6) is 0. The molecule has 0 saturated carbocycles. The van der Waals surface area contributed by atoms with Gasteiger partial charge in [0.15, 0.2) is 5.37 Å². The molecule has 0 unspecified atom stereocenters. The molecule has 0 bridgehead atoms. The number of nitrogens with one attached hydrogen (secondary N) is 1. The number of nitrogens with zero attached hydrogens (tertiary/aromatic N) is 1. The second kappa shape index (κ2) is 2.96. The summed E-state index contributed by atoms with van der Waals surface area (Å²) < 4.78 is 0. The SMILES string of the molecule is C1=CS[C](c2ccccn2)N1. The largest absolute Gasteiger partial charge is 0.368 e. The summed E-state index contributed by atoms with van der Waals surface area (Å²) in [5.41, 5.74) is 1.00. The Balaban J connectivity index is 2.17. The summed E-state index contributed by atoms with van der Waals surface area (Å²) in [7, 11) is 0. The smallest absolute Gasteiger partial charge is 0.169 e. The fourth-order valence-electron chi connectivity index (χ4n) is 0.877. The molecule has 2 rings (SSSR count). The standard InChI is InChI=1S/C8H7N2S/c1-2-4-9-7(3-1)8-10-5-6-11-8/h1-6,10H. The van der Waals surface area contributed by atoms with E-state index < -0.39 is 0 Å². The van der Waals surface area contributed by atoms with Crippen molar-refractivity contribution < 1.29 is 0 Å². The lowest BCUT2D eigenvalue weighted by Crippen LogP contribution is -2.09. The van der Waals surface area contributed by atoms with E-state index in [9.17, 15) is 0 Å². The van der Waals surface area contributed by atoms with Crippen molar-refractivity contribution in [2.75, 3.05) is 0 Å². The Labute approximate surface area is 69.7 Å². The first-order valence-electron chi connectivity index (χ1n) is 3.33. The zero-order valence-corrected chi connectivity index (χ0v) is 6.64. The van der Waals surface area contributed by atoms with Gasteiger partial charge in [0.25, 0.3) is 0 Å². The van der Waals surface area contributed by atoms with E-state index in [-0.39, 0.29) is 0 Å². The Bertz CT molecular complexity index is 250. The second-order valence-electron chi connectivity index (χ2n) is 2.11. The molecule has 0 aromatic carbocycles. The maximum Gasteiger partial charge on any atom is 0.169 e. The maximum absolute atomic E-state index is 4.20. The molecule has 3 heteroatoms. The third-order valence-electron chi connectivity index (χ3n) is 1.37. The normalized spacial score (nSPS) is 16.7. The van der Waals surface area contributed by atoms with Crippen molar-refractivity contribution in [2.45, 2.75) is 0 Å². The average Bonchev–Trinajstić information content (AvgIpc) is 2.58. The Morgan fingerprint density at radius 1 is 1.36 bits per heavy atom. The van der Waals surface area contributed by atoms with Crippen molar-refractivity contribution in [3.8, 4) is 0 Å². The lowest BCUT2D eigenvalue weighted by atomic mass is 10.3. The van der Waals surface area contributed by atoms with E-state index in [1.807, 2.05) is 29.8 Å². The molecule has 1 N–H and O–H groups in total. The lowest BCUT2D eigenvalue weighted by molar-refractivity contribution is 1.01. The molecular formula is C8H7N2S. The van der Waals surface area contributed by atoms with Crippen LogP contribution < -0.4 is 5.32 Å². The first kappa shape index (κ1) is 6.73. The van der Waals surface area contributed by atoms with Gasteiger partial charge >= 0.3 is 0 Å². The highest BCUT2D eigenvalue weighted by Crippen LogP contribution is 2.27. The lowest BCUT2D eigenvalue weighted by Gasteiger charge is -2.05. The summed E-state index contributed by atoms with van der Waals surface area (Å²) in [6, 6.07) is 5.88. The van der Waals surface area contributed by atoms with E-state index in [4.69, 9.17) is 0 Å². The third-order valence-corrected chi connectivity index (χ3v) is 2.20. The molecule has 0 spiro atoms. The van der Waals surface area contributed by atoms with Crippen LogP contribution in [0.3, 0.4) is 0 Å². The Morgan fingerprint density at radius 3 is 3.00 bits per heavy atom. The third kappa shape index (κ3) is 1.38. The molecule has 0 fully saturated rings. The molecule has 1 aromatic rings. The number of rotatable bonds is 1. The highest BCUT2D eigenvalue weighted by atomic mass is 32.2. The molecule has 1 aromatic heterocycles. The van der Waals surface area contributed by atoms with Crippen LogP contribution in [0.25, 0.3) is 0 Å². The summed E-state index contributed by atoms with van der Waals surface area (Å²) in [6.07, 6.45) is 3.71. The molecular weight excluding hydrogens is 156 g/mol. The molecule has 11 heavy (non-hydrogen) atoms. The van der Waals surface area contributed by atoms with Gasteiger partial charge in [0.2, 0.25) is 0 Å². The molecule has 1 radical (unpaired) electrons. The summed E-state index contributed by atoms with van der Waals surface area (Å²) in [4.78, 5) is 4.20. The molecule has 0 aliphatic carbocycles. The van der Waals surface area contributed by atoms with Crippen molar-refractivity contribution in [1.29, 1.82) is 0 Å². The van der Waals surface area contributed by atoms with E-state index in [0.29, 0.717) is 0 Å². The van der Waals surface area contributed by atoms with Crippen LogP contribution in [0.15, 0.2) is 36.0 Å². The highest BCUT2D eigenvalue weighted by Gasteiger charge is 2.14. The van der Waals surface area contributed by atoms with Gasteiger partial charge in [0, 0.05) is 12.4 Å². The molecule has 0 saturated heterocycles. The minimum Gasteiger partial charge on any atom is -0.368 e. The quantitative estimate of drug-likeness (QED) is 0.682. The van der Waals surface area contributed by atoms with Gasteiger partial charge in [-0.2, -0.15) is 0 Å². The van der Waals surface area contributed by atoms with E-state index >= 15 is 0 Å². The molecule has 2 heterocycles. The van der Waals surface area contributed by atoms with Gasteiger partial charge in [-0.1, -0.05) is 17.8 Å². The molecule has 1 aliphatic heterocycles. The van der Waals surface area contributed by atoms with Gasteiger partial charge in [0.1, 0.15) is 0 Å². The maximum atomic E-state index is 4.20. The van der Waals surface area contributed by atoms with Crippen LogP contribution in [-0.4, -0.2) is 4.98 Å². The number of aromatic nitrogens is 1. The highest BCUT2D eigenvalue weighted by molar-refractivity contribution is 8.05. The number of thioether (sulfide) groups is 1. The van der Waals surface area contributed by atoms with E-state index in [1.54, 1.807) is 18.0 Å². The van der Waals surface area contributed by atoms with Crippen LogP contribution >= 0.6 is 11.8 Å². The summed E-state index contributed by atoms with van der Waals surface area (Å²) >= 11 is 1.66. The number of hydrogen-bond donors (Lipinski definition) is 1. The van der Waals surface area contributed by atoms with E-state index in [2.05, 4.69) is 10.3 Å². The van der Waals surface area contributed by atoms with Crippen molar-refractivity contribution in [1.82, 2.24) is 10.3 Å². The second-order valence-corrected chi connectivity index (χ2v) is 3.03. The Morgan fingerprint density at radius 2 is 2.36 bits per heavy atom. The van der Waals surface area contributed by atoms with Gasteiger partial charge in [-0.05, 0) is 17.5 Å². The van der Waals surface area contributed by atoms with Crippen LogP contribution in [0.1, 0.15) is 5.69 Å². The fourth-order valence-corrected chi connectivity index (χ4v) is 1.53. The molecule has 2 nitrogen and oxygen atoms in total. The zero-order chi connectivity index (χ0) is 7.52. The van der Waals surface area contributed by atoms with Gasteiger partial charge in [-0.25, -0.2) is 0 Å². The molecule has 55 valence electrons. The van der Waals surface area contributed by atoms with Crippen molar-refractivity contribution in [2.24, 2.45) is 0 Å². The fraction of sp³-hybridized carbons (Fsp3) is 0. The van der Waals surface area contributed by atoms with Crippen molar-refractivity contribution >= 4 is 11.8 Å². The molecule has 0 atom stereocenters. The topological polar surface area (TPSA) is 24.9 Å². The minimum absolute atomic E-state index is 1.00. The average molecular weight is 163 g/mol. The van der Waals surface area contributed by atoms with Crippen molar-refractivity contribution in [3.05, 3.63) is 47.1 Å². The van der Waals surface area contributed by atoms with E-state index in [1.165, 1.54) is 0 Å². The van der Waals surface area contributed by atoms with Gasteiger partial charge < -0.3 is 5.32 Å². The number of pyridine rings is 1. The Hall–Kier alpha value is -0.960. The van der Waals surface area contributed by atoms with E-state index in [0.717, 1.165) is 11.1 Å². The van der Waals surface area contributed by atoms with Gasteiger partial charge in [0.05, 0.1) is 5.69 Å². The van der Waals surface area contributed by atoms with Gasteiger partial charge in [-0.15, -0.1) is 0 Å². The van der Waals surface area contributed by atoms with Crippen LogP contribution in [0.5, 0.6) is 0 Å². The predicted octanol–water partition coefficient (Wildman–Crippen LogP) is 1.73. The van der Waals surface area contributed by atoms with Crippen LogP contribution in [0.2, 0.25) is 0 Å². The molecule has 1 aliphatic rings. The van der Waals surface area contributed by atoms with Crippen LogP contribution in [0.4, 0.5) is 0 Å². The first-order chi connectivity index (χ1) is 5.47. The Kier molecular flexibility index (Phi) is 1.81. The minimum atomic E-state index is 1.00. The molecule has 0 amide bonds.